The Balaban J connectivity index is 5.22. The second-order valence-corrected chi connectivity index (χ2v) is 34.6. The van der Waals surface area contributed by atoms with Gasteiger partial charge < -0.3 is 33.8 Å². The van der Waals surface area contributed by atoms with Crippen molar-refractivity contribution >= 4 is 39.5 Å². The van der Waals surface area contributed by atoms with Gasteiger partial charge in [0.25, 0.3) is 0 Å². The quantitative estimate of drug-likeness (QED) is 0.0222. The van der Waals surface area contributed by atoms with Crippen LogP contribution in [0.2, 0.25) is 0 Å². The largest absolute Gasteiger partial charge is 0.472 e. The van der Waals surface area contributed by atoms with E-state index in [1.165, 1.54) is 231 Å². The van der Waals surface area contributed by atoms with Gasteiger partial charge in [0.05, 0.1) is 26.4 Å². The minimum atomic E-state index is -4.96. The summed E-state index contributed by atoms with van der Waals surface area (Å²) in [5.74, 6) is 1.07. The van der Waals surface area contributed by atoms with E-state index < -0.39 is 97.5 Å². The summed E-state index contributed by atoms with van der Waals surface area (Å²) in [5, 5.41) is 10.7. The van der Waals surface area contributed by atoms with Crippen LogP contribution in [0, 0.1) is 23.7 Å². The Hall–Kier alpha value is -1.94. The highest BCUT2D eigenvalue weighted by molar-refractivity contribution is 7.47. The first-order chi connectivity index (χ1) is 49.7. The molecule has 0 aliphatic heterocycles. The van der Waals surface area contributed by atoms with Gasteiger partial charge in [-0.25, -0.2) is 9.13 Å². The second kappa shape index (κ2) is 72.9. The summed E-state index contributed by atoms with van der Waals surface area (Å²) >= 11 is 0. The van der Waals surface area contributed by atoms with Crippen molar-refractivity contribution in [2.24, 2.45) is 23.7 Å². The molecule has 0 amide bonds. The number of unbranched alkanes of at least 4 members (excludes halogenated alkanes) is 45. The van der Waals surface area contributed by atoms with Crippen molar-refractivity contribution in [1.29, 1.82) is 0 Å². The number of aliphatic hydroxyl groups is 1. The number of phosphoric ester groups is 2. The molecular weight excluding hydrogens is 1340 g/mol. The van der Waals surface area contributed by atoms with E-state index in [1.54, 1.807) is 0 Å². The van der Waals surface area contributed by atoms with Crippen LogP contribution >= 0.6 is 15.6 Å². The van der Waals surface area contributed by atoms with Gasteiger partial charge in [-0.3, -0.25) is 37.3 Å². The van der Waals surface area contributed by atoms with Crippen LogP contribution in [0.5, 0.6) is 0 Å². The van der Waals surface area contributed by atoms with E-state index in [0.29, 0.717) is 31.6 Å². The molecule has 5 unspecified atom stereocenters. The van der Waals surface area contributed by atoms with Crippen molar-refractivity contribution in [3.05, 3.63) is 0 Å². The van der Waals surface area contributed by atoms with E-state index in [-0.39, 0.29) is 25.7 Å². The van der Waals surface area contributed by atoms with E-state index in [1.807, 2.05) is 0 Å². The fraction of sp³-hybridized carbons (Fsp3) is 0.952. The van der Waals surface area contributed by atoms with Crippen molar-refractivity contribution in [3.63, 3.8) is 0 Å². The van der Waals surface area contributed by atoms with Gasteiger partial charge in [0.1, 0.15) is 19.3 Å². The monoisotopic (exact) mass is 1510 g/mol. The molecule has 19 heteroatoms. The molecule has 0 aliphatic carbocycles. The highest BCUT2D eigenvalue weighted by Gasteiger charge is 2.30. The lowest BCUT2D eigenvalue weighted by Crippen LogP contribution is -2.30. The summed E-state index contributed by atoms with van der Waals surface area (Å²) in [6.07, 6.45) is 61.1. The smallest absolute Gasteiger partial charge is 0.462 e. The van der Waals surface area contributed by atoms with Gasteiger partial charge in [0, 0.05) is 25.7 Å². The van der Waals surface area contributed by atoms with Crippen LogP contribution in [-0.2, 0) is 65.4 Å². The summed E-state index contributed by atoms with van der Waals surface area (Å²) in [7, 11) is -9.93. The Morgan fingerprint density at radius 1 is 0.272 bits per heavy atom. The summed E-state index contributed by atoms with van der Waals surface area (Å²) in [5.41, 5.74) is 0. The van der Waals surface area contributed by atoms with Crippen molar-refractivity contribution in [2.75, 3.05) is 39.6 Å². The first kappa shape index (κ1) is 101. The van der Waals surface area contributed by atoms with Crippen LogP contribution in [0.15, 0.2) is 0 Å². The molecule has 0 spiro atoms. The molecule has 612 valence electrons. The zero-order valence-corrected chi connectivity index (χ0v) is 69.7. The first-order valence-corrected chi connectivity index (χ1v) is 46.3. The number of ether oxygens (including phenoxy) is 4. The third-order valence-electron chi connectivity index (χ3n) is 20.3. The maximum atomic E-state index is 13.1. The third kappa shape index (κ3) is 75.3. The van der Waals surface area contributed by atoms with Crippen molar-refractivity contribution in [2.45, 2.75) is 453 Å². The third-order valence-corrected chi connectivity index (χ3v) is 22.2. The molecule has 103 heavy (non-hydrogen) atoms. The van der Waals surface area contributed by atoms with Gasteiger partial charge in [-0.2, -0.15) is 0 Å². The molecule has 0 aromatic heterocycles. The summed E-state index contributed by atoms with van der Waals surface area (Å²) in [6, 6.07) is 0. The van der Waals surface area contributed by atoms with Gasteiger partial charge in [0.15, 0.2) is 12.2 Å². The molecule has 7 atom stereocenters. The Labute approximate surface area is 632 Å². The molecule has 0 heterocycles. The maximum Gasteiger partial charge on any atom is 0.472 e. The molecule has 0 saturated carbocycles. The maximum absolute atomic E-state index is 13.1. The zero-order chi connectivity index (χ0) is 76.0. The Bertz CT molecular complexity index is 2010. The lowest BCUT2D eigenvalue weighted by Gasteiger charge is -2.21. The molecular formula is C84H164O17P2. The molecule has 0 saturated heterocycles. The number of hydrogen-bond acceptors (Lipinski definition) is 15. The van der Waals surface area contributed by atoms with Crippen LogP contribution < -0.4 is 0 Å². The molecule has 0 aliphatic rings. The predicted octanol–water partition coefficient (Wildman–Crippen LogP) is 25.2. The standard InChI is InChI=1S/C84H164O17P2/c1-9-76(7)62-54-46-38-30-24-20-15-13-11-12-14-16-21-25-33-41-50-58-66-83(88)100-79(70-94-81(86)64-56-48-40-32-28-27-31-39-47-55-63-77(8)10-2)72-98-102(90,91)96-68-78(85)69-97-103(92,93)99-73-80(71-95-82(87)65-57-49-43-35-37-45-53-61-75(5)6)101-84(89)67-59-51-42-34-26-22-18-17-19-23-29-36-44-52-60-74(3)4/h74-80,85H,9-73H2,1-8H3,(H,90,91)(H,92,93)/t76?,77?,78?,79-,80-/m1/s1. The SMILES string of the molecule is CCC(C)CCCCCCCCCCCCCCCCCCCCC(=O)O[C@H](COC(=O)CCCCCCCCCCCCC(C)CC)COP(=O)(O)OCC(O)COP(=O)(O)OC[C@@H](COC(=O)CCCCCCCCCC(C)C)OC(=O)CCCCCCCCCCCCCCCCC(C)C. The summed E-state index contributed by atoms with van der Waals surface area (Å²) in [4.78, 5) is 73.1. The predicted molar refractivity (Wildman–Crippen MR) is 423 cm³/mol. The number of phosphoric acid groups is 2. The number of rotatable bonds is 81. The average molecular weight is 1510 g/mol. The summed E-state index contributed by atoms with van der Waals surface area (Å²) in [6.45, 7) is 14.3. The molecule has 0 bridgehead atoms. The molecule has 0 radical (unpaired) electrons. The van der Waals surface area contributed by atoms with Gasteiger partial charge in [0.2, 0.25) is 0 Å². The average Bonchev–Trinajstić information content (AvgIpc) is 0.920. The minimum absolute atomic E-state index is 0.106. The van der Waals surface area contributed by atoms with E-state index in [9.17, 15) is 43.2 Å². The second-order valence-electron chi connectivity index (χ2n) is 31.7. The van der Waals surface area contributed by atoms with Crippen molar-refractivity contribution in [1.82, 2.24) is 0 Å². The van der Waals surface area contributed by atoms with Gasteiger partial charge in [-0.15, -0.1) is 0 Å². The lowest BCUT2D eigenvalue weighted by atomic mass is 9.99. The van der Waals surface area contributed by atoms with Crippen LogP contribution in [-0.4, -0.2) is 96.7 Å². The number of carbonyl (C=O) groups is 4. The first-order valence-electron chi connectivity index (χ1n) is 43.3. The number of esters is 4. The van der Waals surface area contributed by atoms with Gasteiger partial charge in [-0.1, -0.05) is 383 Å². The van der Waals surface area contributed by atoms with E-state index in [4.69, 9.17) is 37.0 Å². The highest BCUT2D eigenvalue weighted by Crippen LogP contribution is 2.45. The Kier molecular flexibility index (Phi) is 71.5. The van der Waals surface area contributed by atoms with Crippen LogP contribution in [0.25, 0.3) is 0 Å². The molecule has 0 rings (SSSR count). The Morgan fingerprint density at radius 3 is 0.689 bits per heavy atom. The minimum Gasteiger partial charge on any atom is -0.462 e. The van der Waals surface area contributed by atoms with Gasteiger partial charge in [-0.05, 0) is 49.4 Å². The van der Waals surface area contributed by atoms with E-state index in [0.717, 1.165) is 114 Å². The highest BCUT2D eigenvalue weighted by atomic mass is 31.2. The molecule has 0 fully saturated rings. The normalized spacial score (nSPS) is 14.5. The van der Waals surface area contributed by atoms with Crippen molar-refractivity contribution < 1.29 is 80.2 Å². The molecule has 0 aromatic rings. The van der Waals surface area contributed by atoms with E-state index in [2.05, 4.69) is 55.4 Å². The Morgan fingerprint density at radius 2 is 0.466 bits per heavy atom. The zero-order valence-electron chi connectivity index (χ0n) is 68.0. The van der Waals surface area contributed by atoms with Gasteiger partial charge >= 0.3 is 39.5 Å². The topological polar surface area (TPSA) is 237 Å². The molecule has 0 aromatic carbocycles. The van der Waals surface area contributed by atoms with Crippen molar-refractivity contribution in [3.8, 4) is 0 Å². The van der Waals surface area contributed by atoms with E-state index >= 15 is 0 Å². The molecule has 17 nitrogen and oxygen atoms in total. The fourth-order valence-electron chi connectivity index (χ4n) is 12.9. The number of aliphatic hydroxyl groups excluding tert-OH is 1. The van der Waals surface area contributed by atoms with Crippen LogP contribution in [0.1, 0.15) is 434 Å². The lowest BCUT2D eigenvalue weighted by molar-refractivity contribution is -0.161. The van der Waals surface area contributed by atoms with Crippen LogP contribution in [0.3, 0.4) is 0 Å². The molecule has 3 N–H and O–H groups in total. The summed E-state index contributed by atoms with van der Waals surface area (Å²) < 4.78 is 68.8. The number of hydrogen-bond donors (Lipinski definition) is 3. The van der Waals surface area contributed by atoms with Crippen LogP contribution in [0.4, 0.5) is 0 Å². The number of carbonyl (C=O) groups excluding carboxylic acids is 4. The fourth-order valence-corrected chi connectivity index (χ4v) is 14.5.